The Balaban J connectivity index is 1.86. The van der Waals surface area contributed by atoms with Gasteiger partial charge in [-0.1, -0.05) is 48.5 Å². The molecule has 3 rings (SSSR count). The predicted octanol–water partition coefficient (Wildman–Crippen LogP) is 6.09. The Morgan fingerprint density at radius 1 is 0.571 bits per heavy atom. The first-order valence-electron chi connectivity index (χ1n) is 8.44. The average Bonchev–Trinajstić information content (AvgIpc) is 2.73. The summed E-state index contributed by atoms with van der Waals surface area (Å²) in [6, 6.07) is 23.0. The van der Waals surface area contributed by atoms with Crippen LogP contribution in [0.15, 0.2) is 72.8 Å². The van der Waals surface area contributed by atoms with Gasteiger partial charge >= 0.3 is 0 Å². The van der Waals surface area contributed by atoms with E-state index in [4.69, 9.17) is 0 Å². The molecule has 0 heterocycles. The second kappa shape index (κ2) is 8.58. The second-order valence-electron chi connectivity index (χ2n) is 6.02. The monoisotopic (exact) mass is 368 g/mol. The summed E-state index contributed by atoms with van der Waals surface area (Å²) in [5.41, 5.74) is 3.73. The molecule has 3 aromatic carbocycles. The van der Waals surface area contributed by atoms with E-state index in [0.717, 1.165) is 11.1 Å². The maximum absolute atomic E-state index is 13.1. The fraction of sp³-hybridized carbons (Fsp3) is 0. The lowest BCUT2D eigenvalue weighted by molar-refractivity contribution is 0.627. The van der Waals surface area contributed by atoms with Gasteiger partial charge in [-0.25, -0.2) is 8.78 Å². The minimum atomic E-state index is -0.355. The Morgan fingerprint density at radius 3 is 1.18 bits per heavy atom. The van der Waals surface area contributed by atoms with Crippen LogP contribution in [-0.2, 0) is 0 Å². The third kappa shape index (κ3) is 4.58. The number of hydrogen-bond donors (Lipinski definition) is 0. The Bertz CT molecular complexity index is 1020. The van der Waals surface area contributed by atoms with Crippen molar-refractivity contribution in [2.75, 3.05) is 0 Å². The van der Waals surface area contributed by atoms with Crippen LogP contribution in [0.3, 0.4) is 0 Å². The highest BCUT2D eigenvalue weighted by Crippen LogP contribution is 2.21. The molecular formula is C24H14F2N2. The number of allylic oxidation sites excluding steroid dienone is 2. The van der Waals surface area contributed by atoms with Crippen molar-refractivity contribution in [2.24, 2.45) is 0 Å². The molecule has 2 nitrogen and oxygen atoms in total. The highest BCUT2D eigenvalue weighted by Gasteiger charge is 2.03. The van der Waals surface area contributed by atoms with Crippen molar-refractivity contribution < 1.29 is 8.78 Å². The molecule has 134 valence electrons. The lowest BCUT2D eigenvalue weighted by Crippen LogP contribution is -1.85. The van der Waals surface area contributed by atoms with Gasteiger partial charge in [0.05, 0.1) is 23.3 Å². The van der Waals surface area contributed by atoms with Gasteiger partial charge in [-0.3, -0.25) is 0 Å². The Morgan fingerprint density at radius 2 is 0.893 bits per heavy atom. The highest BCUT2D eigenvalue weighted by molar-refractivity contribution is 5.91. The molecular weight excluding hydrogens is 354 g/mol. The zero-order valence-corrected chi connectivity index (χ0v) is 14.7. The summed E-state index contributed by atoms with van der Waals surface area (Å²) >= 11 is 0. The van der Waals surface area contributed by atoms with Gasteiger partial charge in [-0.2, -0.15) is 10.5 Å². The maximum Gasteiger partial charge on any atom is 0.123 e. The molecule has 0 saturated carbocycles. The van der Waals surface area contributed by atoms with Crippen LogP contribution >= 0.6 is 0 Å². The molecule has 0 bridgehead atoms. The molecule has 0 aliphatic carbocycles. The van der Waals surface area contributed by atoms with Crippen LogP contribution in [0.2, 0.25) is 0 Å². The first-order valence-corrected chi connectivity index (χ1v) is 8.44. The van der Waals surface area contributed by atoms with E-state index < -0.39 is 0 Å². The molecule has 0 spiro atoms. The van der Waals surface area contributed by atoms with E-state index in [2.05, 4.69) is 12.1 Å². The lowest BCUT2D eigenvalue weighted by atomic mass is 10.0. The standard InChI is InChI=1S/C24H14F2N2/c25-23-9-5-19(6-10-23)21(15-27)13-17-1-2-18(4-3-17)14-22(16-28)20-7-11-24(26)12-8-20/h1-14H. The number of halogens is 2. The number of rotatable bonds is 4. The fourth-order valence-electron chi connectivity index (χ4n) is 2.64. The van der Waals surface area contributed by atoms with E-state index in [1.807, 2.05) is 24.3 Å². The first-order chi connectivity index (χ1) is 13.6. The molecule has 4 heteroatoms. The molecule has 0 unspecified atom stereocenters. The minimum absolute atomic E-state index is 0.355. The van der Waals surface area contributed by atoms with Crippen molar-refractivity contribution in [2.45, 2.75) is 0 Å². The first kappa shape index (κ1) is 18.8. The van der Waals surface area contributed by atoms with Crippen LogP contribution in [0, 0.1) is 34.3 Å². The largest absolute Gasteiger partial charge is 0.207 e. The van der Waals surface area contributed by atoms with Crippen molar-refractivity contribution >= 4 is 23.3 Å². The van der Waals surface area contributed by atoms with Crippen molar-refractivity contribution in [3.05, 3.63) is 107 Å². The minimum Gasteiger partial charge on any atom is -0.207 e. The molecule has 0 fully saturated rings. The summed E-state index contributed by atoms with van der Waals surface area (Å²) in [6.07, 6.45) is 3.43. The SMILES string of the molecule is N#CC(=Cc1ccc(C=C(C#N)c2ccc(F)cc2)cc1)c1ccc(F)cc1. The number of hydrogen-bond acceptors (Lipinski definition) is 2. The second-order valence-corrected chi connectivity index (χ2v) is 6.02. The van der Waals surface area contributed by atoms with Gasteiger partial charge in [0, 0.05) is 0 Å². The van der Waals surface area contributed by atoms with Crippen LogP contribution in [0.25, 0.3) is 23.3 Å². The summed E-state index contributed by atoms with van der Waals surface area (Å²) in [5.74, 6) is -0.710. The number of nitriles is 2. The molecule has 0 aliphatic heterocycles. The maximum atomic E-state index is 13.1. The Hall–Kier alpha value is -4.02. The van der Waals surface area contributed by atoms with E-state index in [1.54, 1.807) is 36.4 Å². The van der Waals surface area contributed by atoms with E-state index >= 15 is 0 Å². The van der Waals surface area contributed by atoms with Gasteiger partial charge in [0.2, 0.25) is 0 Å². The molecule has 3 aromatic rings. The van der Waals surface area contributed by atoms with Gasteiger partial charge in [-0.05, 0) is 58.7 Å². The van der Waals surface area contributed by atoms with Crippen molar-refractivity contribution in [1.82, 2.24) is 0 Å². The van der Waals surface area contributed by atoms with Crippen LogP contribution in [0.1, 0.15) is 22.3 Å². The van der Waals surface area contributed by atoms with Crippen LogP contribution in [0.5, 0.6) is 0 Å². The zero-order chi connectivity index (χ0) is 19.9. The topological polar surface area (TPSA) is 47.6 Å². The average molecular weight is 368 g/mol. The predicted molar refractivity (Wildman–Crippen MR) is 106 cm³/mol. The lowest BCUT2D eigenvalue weighted by Gasteiger charge is -2.02. The van der Waals surface area contributed by atoms with E-state index in [1.165, 1.54) is 24.3 Å². The van der Waals surface area contributed by atoms with Crippen molar-refractivity contribution in [1.29, 1.82) is 10.5 Å². The third-order valence-electron chi connectivity index (χ3n) is 4.11. The Kier molecular flexibility index (Phi) is 5.75. The molecule has 0 radical (unpaired) electrons. The van der Waals surface area contributed by atoms with E-state index in [0.29, 0.717) is 22.3 Å². The van der Waals surface area contributed by atoms with Crippen LogP contribution in [-0.4, -0.2) is 0 Å². The third-order valence-corrected chi connectivity index (χ3v) is 4.11. The van der Waals surface area contributed by atoms with Crippen molar-refractivity contribution in [3.63, 3.8) is 0 Å². The smallest absolute Gasteiger partial charge is 0.123 e. The molecule has 0 saturated heterocycles. The van der Waals surface area contributed by atoms with Gasteiger partial charge in [0.25, 0.3) is 0 Å². The number of benzene rings is 3. The summed E-state index contributed by atoms with van der Waals surface area (Å²) < 4.78 is 26.1. The highest BCUT2D eigenvalue weighted by atomic mass is 19.1. The van der Waals surface area contributed by atoms with Gasteiger partial charge in [0.15, 0.2) is 0 Å². The van der Waals surface area contributed by atoms with Crippen molar-refractivity contribution in [3.8, 4) is 12.1 Å². The molecule has 0 aliphatic rings. The molecule has 0 amide bonds. The number of nitrogens with zero attached hydrogens (tertiary/aromatic N) is 2. The fourth-order valence-corrected chi connectivity index (χ4v) is 2.64. The summed E-state index contributed by atoms with van der Waals surface area (Å²) in [6.45, 7) is 0. The van der Waals surface area contributed by atoms with Crippen LogP contribution < -0.4 is 0 Å². The molecule has 0 aromatic heterocycles. The van der Waals surface area contributed by atoms with Gasteiger partial charge in [-0.15, -0.1) is 0 Å². The van der Waals surface area contributed by atoms with E-state index in [9.17, 15) is 19.3 Å². The van der Waals surface area contributed by atoms with Gasteiger partial charge < -0.3 is 0 Å². The Labute approximate surface area is 161 Å². The molecule has 0 atom stereocenters. The molecule has 28 heavy (non-hydrogen) atoms. The van der Waals surface area contributed by atoms with Gasteiger partial charge in [0.1, 0.15) is 11.6 Å². The summed E-state index contributed by atoms with van der Waals surface area (Å²) in [5, 5.41) is 18.8. The summed E-state index contributed by atoms with van der Waals surface area (Å²) in [4.78, 5) is 0. The quantitative estimate of drug-likeness (QED) is 0.413. The normalized spacial score (nSPS) is 11.6. The molecule has 0 N–H and O–H groups in total. The summed E-state index contributed by atoms with van der Waals surface area (Å²) in [7, 11) is 0. The van der Waals surface area contributed by atoms with Crippen LogP contribution in [0.4, 0.5) is 8.78 Å². The van der Waals surface area contributed by atoms with E-state index in [-0.39, 0.29) is 11.6 Å². The zero-order valence-electron chi connectivity index (χ0n) is 14.7.